The third-order valence-electron chi connectivity index (χ3n) is 3.45. The van der Waals surface area contributed by atoms with Crippen molar-refractivity contribution >= 4 is 17.8 Å². The number of nitro groups is 1. The lowest BCUT2D eigenvalue weighted by Gasteiger charge is -2.08. The number of benzene rings is 2. The SMILES string of the molecule is COc1ccc(C(=O)NN=Cc2cc(OC)c(OC)cc2[N+](=O)[O-])cc1. The molecule has 0 saturated carbocycles. The number of nitro benzene ring substituents is 1. The van der Waals surface area contributed by atoms with Crippen LogP contribution in [0, 0.1) is 10.1 Å². The Bertz CT molecular complexity index is 833. The van der Waals surface area contributed by atoms with E-state index in [1.807, 2.05) is 0 Å². The van der Waals surface area contributed by atoms with Crippen LogP contribution >= 0.6 is 0 Å². The Kier molecular flexibility index (Phi) is 6.10. The molecular formula is C17H17N3O6. The summed E-state index contributed by atoms with van der Waals surface area (Å²) in [5.74, 6) is 0.678. The van der Waals surface area contributed by atoms with Gasteiger partial charge >= 0.3 is 0 Å². The Labute approximate surface area is 149 Å². The van der Waals surface area contributed by atoms with Crippen LogP contribution in [0.5, 0.6) is 17.2 Å². The molecular weight excluding hydrogens is 342 g/mol. The highest BCUT2D eigenvalue weighted by atomic mass is 16.6. The number of carbonyl (C=O) groups excluding carboxylic acids is 1. The zero-order chi connectivity index (χ0) is 19.1. The van der Waals surface area contributed by atoms with Gasteiger partial charge in [-0.1, -0.05) is 0 Å². The van der Waals surface area contributed by atoms with Crippen LogP contribution in [0.15, 0.2) is 41.5 Å². The number of rotatable bonds is 7. The van der Waals surface area contributed by atoms with Crippen molar-refractivity contribution in [3.63, 3.8) is 0 Å². The first kappa shape index (κ1) is 18.7. The van der Waals surface area contributed by atoms with Gasteiger partial charge in [0.05, 0.1) is 44.1 Å². The number of ether oxygens (including phenoxy) is 3. The molecule has 0 aromatic heterocycles. The average Bonchev–Trinajstić information content (AvgIpc) is 2.67. The molecule has 0 fully saturated rings. The molecule has 1 N–H and O–H groups in total. The van der Waals surface area contributed by atoms with Gasteiger partial charge in [0, 0.05) is 5.56 Å². The molecule has 0 bridgehead atoms. The van der Waals surface area contributed by atoms with Crippen molar-refractivity contribution in [1.29, 1.82) is 0 Å². The molecule has 0 spiro atoms. The number of hydrazone groups is 1. The molecule has 136 valence electrons. The van der Waals surface area contributed by atoms with Crippen molar-refractivity contribution < 1.29 is 23.9 Å². The normalized spacial score (nSPS) is 10.4. The van der Waals surface area contributed by atoms with E-state index in [1.54, 1.807) is 24.3 Å². The van der Waals surface area contributed by atoms with Crippen molar-refractivity contribution in [2.24, 2.45) is 5.10 Å². The maximum Gasteiger partial charge on any atom is 0.282 e. The van der Waals surface area contributed by atoms with Gasteiger partial charge in [0.2, 0.25) is 0 Å². The predicted octanol–water partition coefficient (Wildman–Crippen LogP) is 2.38. The van der Waals surface area contributed by atoms with E-state index in [-0.39, 0.29) is 17.0 Å². The fourth-order valence-corrected chi connectivity index (χ4v) is 2.11. The van der Waals surface area contributed by atoms with E-state index in [0.717, 1.165) is 0 Å². The molecule has 2 rings (SSSR count). The summed E-state index contributed by atoms with van der Waals surface area (Å²) in [5.41, 5.74) is 2.60. The van der Waals surface area contributed by atoms with Gasteiger partial charge in [0.1, 0.15) is 5.75 Å². The van der Waals surface area contributed by atoms with Crippen LogP contribution in [0.25, 0.3) is 0 Å². The maximum atomic E-state index is 12.0. The molecule has 0 saturated heterocycles. The van der Waals surface area contributed by atoms with Gasteiger partial charge < -0.3 is 14.2 Å². The molecule has 2 aromatic carbocycles. The van der Waals surface area contributed by atoms with E-state index in [0.29, 0.717) is 17.1 Å². The van der Waals surface area contributed by atoms with E-state index in [4.69, 9.17) is 14.2 Å². The third kappa shape index (κ3) is 4.26. The number of nitrogens with zero attached hydrogens (tertiary/aromatic N) is 2. The second-order valence-electron chi connectivity index (χ2n) is 4.95. The second kappa shape index (κ2) is 8.47. The molecule has 2 aromatic rings. The summed E-state index contributed by atoms with van der Waals surface area (Å²) in [4.78, 5) is 22.7. The maximum absolute atomic E-state index is 12.0. The summed E-state index contributed by atoms with van der Waals surface area (Å²) < 4.78 is 15.2. The lowest BCUT2D eigenvalue weighted by Crippen LogP contribution is -2.17. The molecule has 0 aliphatic carbocycles. The van der Waals surface area contributed by atoms with E-state index in [2.05, 4.69) is 10.5 Å². The molecule has 0 radical (unpaired) electrons. The fraction of sp³-hybridized carbons (Fsp3) is 0.176. The minimum absolute atomic E-state index is 0.155. The minimum atomic E-state index is -0.575. The molecule has 0 atom stereocenters. The highest BCUT2D eigenvalue weighted by molar-refractivity contribution is 5.95. The topological polar surface area (TPSA) is 112 Å². The largest absolute Gasteiger partial charge is 0.497 e. The Balaban J connectivity index is 2.20. The first-order valence-electron chi connectivity index (χ1n) is 7.38. The van der Waals surface area contributed by atoms with Crippen molar-refractivity contribution in [3.8, 4) is 17.2 Å². The summed E-state index contributed by atoms with van der Waals surface area (Å²) in [6.45, 7) is 0. The van der Waals surface area contributed by atoms with Crippen LogP contribution in [0.4, 0.5) is 5.69 Å². The standard InChI is InChI=1S/C17H17N3O6/c1-24-13-6-4-11(5-7-13)17(21)19-18-10-12-8-15(25-2)16(26-3)9-14(12)20(22)23/h4-10H,1-3H3,(H,19,21). The highest BCUT2D eigenvalue weighted by Gasteiger charge is 2.18. The van der Waals surface area contributed by atoms with Gasteiger partial charge in [-0.25, -0.2) is 5.43 Å². The van der Waals surface area contributed by atoms with Crippen molar-refractivity contribution in [1.82, 2.24) is 5.43 Å². The van der Waals surface area contributed by atoms with Crippen molar-refractivity contribution in [3.05, 3.63) is 57.6 Å². The Hall–Kier alpha value is -3.62. The van der Waals surface area contributed by atoms with Crippen LogP contribution in [0.1, 0.15) is 15.9 Å². The van der Waals surface area contributed by atoms with Crippen LogP contribution in [0.2, 0.25) is 0 Å². The molecule has 9 heteroatoms. The number of nitrogens with one attached hydrogen (secondary N) is 1. The number of hydrogen-bond donors (Lipinski definition) is 1. The van der Waals surface area contributed by atoms with Gasteiger partial charge in [0.15, 0.2) is 11.5 Å². The average molecular weight is 359 g/mol. The number of carbonyl (C=O) groups is 1. The van der Waals surface area contributed by atoms with E-state index in [9.17, 15) is 14.9 Å². The van der Waals surface area contributed by atoms with E-state index in [1.165, 1.54) is 39.7 Å². The number of hydrogen-bond acceptors (Lipinski definition) is 7. The quantitative estimate of drug-likeness (QED) is 0.461. The number of amides is 1. The Morgan fingerprint density at radius 2 is 1.69 bits per heavy atom. The highest BCUT2D eigenvalue weighted by Crippen LogP contribution is 2.33. The zero-order valence-corrected chi connectivity index (χ0v) is 14.4. The van der Waals surface area contributed by atoms with Gasteiger partial charge in [-0.05, 0) is 30.3 Å². The third-order valence-corrected chi connectivity index (χ3v) is 3.45. The Morgan fingerprint density at radius 1 is 1.08 bits per heavy atom. The molecule has 0 aliphatic heterocycles. The minimum Gasteiger partial charge on any atom is -0.497 e. The van der Waals surface area contributed by atoms with Crippen LogP contribution < -0.4 is 19.6 Å². The van der Waals surface area contributed by atoms with Crippen LogP contribution in [-0.4, -0.2) is 38.4 Å². The summed E-state index contributed by atoms with van der Waals surface area (Å²) >= 11 is 0. The predicted molar refractivity (Wildman–Crippen MR) is 94.3 cm³/mol. The second-order valence-corrected chi connectivity index (χ2v) is 4.95. The monoisotopic (exact) mass is 359 g/mol. The lowest BCUT2D eigenvalue weighted by molar-refractivity contribution is -0.385. The molecule has 1 amide bonds. The molecule has 0 unspecified atom stereocenters. The summed E-state index contributed by atoms with van der Waals surface area (Å²) in [5, 5.41) is 15.0. The summed E-state index contributed by atoms with van der Waals surface area (Å²) in [6, 6.07) is 9.05. The van der Waals surface area contributed by atoms with Crippen molar-refractivity contribution in [2.75, 3.05) is 21.3 Å². The van der Waals surface area contributed by atoms with Gasteiger partial charge in [-0.2, -0.15) is 5.10 Å². The molecule has 0 heterocycles. The van der Waals surface area contributed by atoms with Crippen LogP contribution in [-0.2, 0) is 0 Å². The first-order chi connectivity index (χ1) is 12.5. The van der Waals surface area contributed by atoms with Gasteiger partial charge in [0.25, 0.3) is 11.6 Å². The molecule has 9 nitrogen and oxygen atoms in total. The van der Waals surface area contributed by atoms with E-state index < -0.39 is 10.8 Å². The zero-order valence-electron chi connectivity index (χ0n) is 14.4. The van der Waals surface area contributed by atoms with Gasteiger partial charge in [-0.15, -0.1) is 0 Å². The molecule has 0 aliphatic rings. The Morgan fingerprint density at radius 3 is 2.23 bits per heavy atom. The van der Waals surface area contributed by atoms with Crippen LogP contribution in [0.3, 0.4) is 0 Å². The van der Waals surface area contributed by atoms with Gasteiger partial charge in [-0.3, -0.25) is 14.9 Å². The lowest BCUT2D eigenvalue weighted by atomic mass is 10.1. The number of methoxy groups -OCH3 is 3. The summed E-state index contributed by atoms with van der Waals surface area (Å²) in [6.07, 6.45) is 1.17. The van der Waals surface area contributed by atoms with E-state index >= 15 is 0 Å². The smallest absolute Gasteiger partial charge is 0.282 e. The molecule has 26 heavy (non-hydrogen) atoms. The first-order valence-corrected chi connectivity index (χ1v) is 7.38. The summed E-state index contributed by atoms with van der Waals surface area (Å²) in [7, 11) is 4.32. The van der Waals surface area contributed by atoms with Crippen molar-refractivity contribution in [2.45, 2.75) is 0 Å². The fourth-order valence-electron chi connectivity index (χ4n) is 2.11.